The van der Waals surface area contributed by atoms with Gasteiger partial charge >= 0.3 is 0 Å². The molecule has 1 saturated heterocycles. The lowest BCUT2D eigenvalue weighted by atomic mass is 10.1. The maximum absolute atomic E-state index is 12.9. The van der Waals surface area contributed by atoms with Crippen molar-refractivity contribution in [3.05, 3.63) is 45.7 Å². The van der Waals surface area contributed by atoms with Crippen LogP contribution in [0.25, 0.3) is 0 Å². The topological polar surface area (TPSA) is 49.3 Å². The van der Waals surface area contributed by atoms with E-state index in [4.69, 9.17) is 4.98 Å². The Kier molecular flexibility index (Phi) is 4.73. The van der Waals surface area contributed by atoms with Gasteiger partial charge in [0, 0.05) is 19.3 Å². The predicted octanol–water partition coefficient (Wildman–Crippen LogP) is 2.89. The minimum absolute atomic E-state index is 0.0404. The molecule has 1 aliphatic rings. The van der Waals surface area contributed by atoms with Crippen LogP contribution >= 0.6 is 11.3 Å². The molecule has 0 radical (unpaired) electrons. The highest BCUT2D eigenvalue weighted by molar-refractivity contribution is 7.12. The molecule has 0 bridgehead atoms. The Bertz CT molecular complexity index is 697. The molecule has 0 N–H and O–H groups in total. The van der Waals surface area contributed by atoms with E-state index in [1.54, 1.807) is 12.4 Å². The number of thiophene rings is 1. The fraction of sp³-hybridized carbons (Fsp3) is 0.471. The van der Waals surface area contributed by atoms with Crippen LogP contribution in [-0.4, -0.2) is 46.3 Å². The Morgan fingerprint density at radius 2 is 2.26 bits per heavy atom. The van der Waals surface area contributed by atoms with Gasteiger partial charge in [-0.05, 0) is 50.9 Å². The van der Waals surface area contributed by atoms with E-state index in [2.05, 4.69) is 9.88 Å². The number of carbonyl (C=O) groups excluding carboxylic acids is 1. The standard InChI is InChI=1S/C17H22N4OS/c1-12-6-8-23-16(12)17(22)21-7-4-5-15(21)14-10-18-9-13(19-14)11-20(2)3/h6,8-10,15H,4-5,7,11H2,1-3H3/t15-/m1/s1. The van der Waals surface area contributed by atoms with E-state index in [-0.39, 0.29) is 11.9 Å². The highest BCUT2D eigenvalue weighted by atomic mass is 32.1. The third-order valence-electron chi connectivity index (χ3n) is 4.09. The Morgan fingerprint density at radius 3 is 2.96 bits per heavy atom. The second kappa shape index (κ2) is 6.76. The summed E-state index contributed by atoms with van der Waals surface area (Å²) in [7, 11) is 4.03. The third kappa shape index (κ3) is 3.43. The van der Waals surface area contributed by atoms with Crippen molar-refractivity contribution in [1.82, 2.24) is 19.8 Å². The van der Waals surface area contributed by atoms with Crippen LogP contribution in [0.3, 0.4) is 0 Å². The molecule has 1 fully saturated rings. The number of amides is 1. The van der Waals surface area contributed by atoms with Gasteiger partial charge in [0.1, 0.15) is 0 Å². The monoisotopic (exact) mass is 330 g/mol. The van der Waals surface area contributed by atoms with Crippen molar-refractivity contribution >= 4 is 17.2 Å². The summed E-state index contributed by atoms with van der Waals surface area (Å²) in [6.45, 7) is 3.54. The summed E-state index contributed by atoms with van der Waals surface area (Å²) in [6.07, 6.45) is 5.57. The van der Waals surface area contributed by atoms with Gasteiger partial charge in [-0.15, -0.1) is 11.3 Å². The van der Waals surface area contributed by atoms with Crippen LogP contribution in [-0.2, 0) is 6.54 Å². The first-order chi connectivity index (χ1) is 11.1. The van der Waals surface area contributed by atoms with E-state index in [9.17, 15) is 4.79 Å². The van der Waals surface area contributed by atoms with Crippen LogP contribution < -0.4 is 0 Å². The van der Waals surface area contributed by atoms with E-state index in [0.29, 0.717) is 0 Å². The largest absolute Gasteiger partial charge is 0.329 e. The smallest absolute Gasteiger partial charge is 0.264 e. The maximum atomic E-state index is 12.9. The summed E-state index contributed by atoms with van der Waals surface area (Å²) in [4.78, 5) is 26.8. The minimum Gasteiger partial charge on any atom is -0.329 e. The van der Waals surface area contributed by atoms with Crippen LogP contribution in [0.5, 0.6) is 0 Å². The van der Waals surface area contributed by atoms with E-state index in [1.165, 1.54) is 11.3 Å². The molecule has 1 amide bonds. The molecule has 0 saturated carbocycles. The summed E-state index contributed by atoms with van der Waals surface area (Å²) in [6, 6.07) is 2.04. The third-order valence-corrected chi connectivity index (χ3v) is 5.10. The highest BCUT2D eigenvalue weighted by Gasteiger charge is 2.32. The average molecular weight is 330 g/mol. The van der Waals surface area contributed by atoms with Crippen LogP contribution in [0.1, 0.15) is 45.5 Å². The number of nitrogens with zero attached hydrogens (tertiary/aromatic N) is 4. The summed E-state index contributed by atoms with van der Waals surface area (Å²) in [5.74, 6) is 0.125. The number of aromatic nitrogens is 2. The minimum atomic E-state index is 0.0404. The molecule has 0 unspecified atom stereocenters. The first-order valence-corrected chi connectivity index (χ1v) is 8.75. The fourth-order valence-corrected chi connectivity index (χ4v) is 3.90. The predicted molar refractivity (Wildman–Crippen MR) is 91.5 cm³/mol. The molecular formula is C17H22N4OS. The van der Waals surface area contributed by atoms with E-state index in [1.807, 2.05) is 37.4 Å². The lowest BCUT2D eigenvalue weighted by Crippen LogP contribution is -2.31. The lowest BCUT2D eigenvalue weighted by Gasteiger charge is -2.24. The van der Waals surface area contributed by atoms with Gasteiger partial charge in [-0.1, -0.05) is 0 Å². The molecule has 1 aliphatic heterocycles. The van der Waals surface area contributed by atoms with Crippen molar-refractivity contribution in [2.24, 2.45) is 0 Å². The second-order valence-electron chi connectivity index (χ2n) is 6.26. The zero-order valence-electron chi connectivity index (χ0n) is 13.8. The summed E-state index contributed by atoms with van der Waals surface area (Å²) in [5, 5.41) is 1.98. The molecule has 23 heavy (non-hydrogen) atoms. The number of hydrogen-bond donors (Lipinski definition) is 0. The zero-order valence-corrected chi connectivity index (χ0v) is 14.6. The number of rotatable bonds is 4. The molecule has 122 valence electrons. The number of likely N-dealkylation sites (tertiary alicyclic amines) is 1. The zero-order chi connectivity index (χ0) is 16.4. The van der Waals surface area contributed by atoms with Crippen LogP contribution in [0.15, 0.2) is 23.8 Å². The normalized spacial score (nSPS) is 17.9. The number of aryl methyl sites for hydroxylation is 1. The Balaban J connectivity index is 1.84. The van der Waals surface area contributed by atoms with Gasteiger partial charge in [-0.25, -0.2) is 0 Å². The molecule has 5 nitrogen and oxygen atoms in total. The van der Waals surface area contributed by atoms with Gasteiger partial charge < -0.3 is 9.80 Å². The average Bonchev–Trinajstić information content (AvgIpc) is 3.15. The van der Waals surface area contributed by atoms with Gasteiger partial charge in [0.05, 0.1) is 28.5 Å². The number of hydrogen-bond acceptors (Lipinski definition) is 5. The molecular weight excluding hydrogens is 308 g/mol. The first kappa shape index (κ1) is 16.1. The highest BCUT2D eigenvalue weighted by Crippen LogP contribution is 2.33. The second-order valence-corrected chi connectivity index (χ2v) is 7.18. The Labute approximate surface area is 141 Å². The van der Waals surface area contributed by atoms with Gasteiger partial charge in [0.15, 0.2) is 0 Å². The van der Waals surface area contributed by atoms with Crippen LogP contribution in [0.2, 0.25) is 0 Å². The van der Waals surface area contributed by atoms with E-state index >= 15 is 0 Å². The van der Waals surface area contributed by atoms with Gasteiger partial charge in [0.25, 0.3) is 5.91 Å². The Hall–Kier alpha value is -1.79. The fourth-order valence-electron chi connectivity index (χ4n) is 3.02. The number of carbonyl (C=O) groups is 1. The Morgan fingerprint density at radius 1 is 1.43 bits per heavy atom. The molecule has 3 rings (SSSR count). The van der Waals surface area contributed by atoms with Crippen LogP contribution in [0, 0.1) is 6.92 Å². The van der Waals surface area contributed by atoms with Gasteiger partial charge in [-0.2, -0.15) is 0 Å². The van der Waals surface area contributed by atoms with Crippen molar-refractivity contribution in [1.29, 1.82) is 0 Å². The quantitative estimate of drug-likeness (QED) is 0.865. The summed E-state index contributed by atoms with van der Waals surface area (Å²) in [5.41, 5.74) is 2.90. The lowest BCUT2D eigenvalue weighted by molar-refractivity contribution is 0.0736. The van der Waals surface area contributed by atoms with Gasteiger partial charge in [0.2, 0.25) is 0 Å². The van der Waals surface area contributed by atoms with E-state index in [0.717, 1.165) is 47.8 Å². The molecule has 0 aliphatic carbocycles. The van der Waals surface area contributed by atoms with Gasteiger partial charge in [-0.3, -0.25) is 14.8 Å². The van der Waals surface area contributed by atoms with Crippen molar-refractivity contribution in [2.45, 2.75) is 32.4 Å². The molecule has 2 aromatic rings. The van der Waals surface area contributed by atoms with Crippen molar-refractivity contribution in [2.75, 3.05) is 20.6 Å². The summed E-state index contributed by atoms with van der Waals surface area (Å²) < 4.78 is 0. The van der Waals surface area contributed by atoms with Crippen molar-refractivity contribution < 1.29 is 4.79 Å². The van der Waals surface area contributed by atoms with Crippen LogP contribution in [0.4, 0.5) is 0 Å². The van der Waals surface area contributed by atoms with E-state index < -0.39 is 0 Å². The molecule has 1 atom stereocenters. The maximum Gasteiger partial charge on any atom is 0.264 e. The van der Waals surface area contributed by atoms with Crippen molar-refractivity contribution in [3.63, 3.8) is 0 Å². The molecule has 6 heteroatoms. The first-order valence-electron chi connectivity index (χ1n) is 7.87. The molecule has 0 spiro atoms. The SMILES string of the molecule is Cc1ccsc1C(=O)N1CCC[C@@H]1c1cncc(CN(C)C)n1. The summed E-state index contributed by atoms with van der Waals surface area (Å²) >= 11 is 1.52. The molecule has 2 aromatic heterocycles. The molecule has 3 heterocycles. The van der Waals surface area contributed by atoms with Crippen molar-refractivity contribution in [3.8, 4) is 0 Å². The molecule has 0 aromatic carbocycles.